The highest BCUT2D eigenvalue weighted by Crippen LogP contribution is 2.44. The lowest BCUT2D eigenvalue weighted by atomic mass is 9.67. The van der Waals surface area contributed by atoms with Crippen molar-refractivity contribution in [1.82, 2.24) is 0 Å². The quantitative estimate of drug-likeness (QED) is 0.604. The summed E-state index contributed by atoms with van der Waals surface area (Å²) >= 11 is 1.88. The van der Waals surface area contributed by atoms with E-state index in [0.717, 1.165) is 19.3 Å². The van der Waals surface area contributed by atoms with Gasteiger partial charge in [-0.25, -0.2) is 0 Å². The SMILES string of the molecule is CSCCCC1(C#N)CCC1. The maximum atomic E-state index is 8.88. The zero-order valence-electron chi connectivity index (χ0n) is 7.10. The van der Waals surface area contributed by atoms with Crippen LogP contribution in [0.25, 0.3) is 0 Å². The Labute approximate surface area is 73.2 Å². The lowest BCUT2D eigenvalue weighted by molar-refractivity contribution is 0.197. The molecule has 1 aliphatic carbocycles. The fourth-order valence-corrected chi connectivity index (χ4v) is 2.01. The Kier molecular flexibility index (Phi) is 3.26. The second kappa shape index (κ2) is 4.01. The van der Waals surface area contributed by atoms with Crippen LogP contribution in [0.1, 0.15) is 32.1 Å². The van der Waals surface area contributed by atoms with Gasteiger partial charge in [-0.1, -0.05) is 6.42 Å². The molecule has 1 fully saturated rings. The van der Waals surface area contributed by atoms with E-state index in [1.165, 1.54) is 18.6 Å². The predicted molar refractivity (Wildman–Crippen MR) is 49.5 cm³/mol. The van der Waals surface area contributed by atoms with Crippen LogP contribution in [0.15, 0.2) is 0 Å². The molecule has 11 heavy (non-hydrogen) atoms. The molecule has 0 aliphatic heterocycles. The molecule has 0 aromatic rings. The Balaban J connectivity index is 2.18. The topological polar surface area (TPSA) is 23.8 Å². The highest BCUT2D eigenvalue weighted by Gasteiger charge is 2.36. The third-order valence-corrected chi connectivity index (χ3v) is 3.25. The highest BCUT2D eigenvalue weighted by molar-refractivity contribution is 7.98. The average Bonchev–Trinajstić information content (AvgIpc) is 1.95. The number of nitrogens with zero attached hydrogens (tertiary/aromatic N) is 1. The molecule has 0 aromatic heterocycles. The van der Waals surface area contributed by atoms with Crippen molar-refractivity contribution >= 4 is 11.8 Å². The molecular formula is C9H15NS. The first-order valence-corrected chi connectivity index (χ1v) is 5.63. The largest absolute Gasteiger partial charge is 0.198 e. The monoisotopic (exact) mass is 169 g/mol. The maximum Gasteiger partial charge on any atom is 0.0689 e. The standard InChI is InChI=1S/C9H15NS/c1-11-7-3-6-9(8-10)4-2-5-9/h2-7H2,1H3. The number of rotatable bonds is 4. The van der Waals surface area contributed by atoms with Gasteiger partial charge in [0.1, 0.15) is 0 Å². The van der Waals surface area contributed by atoms with Gasteiger partial charge in [-0.3, -0.25) is 0 Å². The van der Waals surface area contributed by atoms with Crippen molar-refractivity contribution in [3.05, 3.63) is 0 Å². The first kappa shape index (κ1) is 8.93. The van der Waals surface area contributed by atoms with Crippen molar-refractivity contribution in [3.63, 3.8) is 0 Å². The summed E-state index contributed by atoms with van der Waals surface area (Å²) in [6.07, 6.45) is 8.04. The van der Waals surface area contributed by atoms with Crippen LogP contribution in [0.4, 0.5) is 0 Å². The van der Waals surface area contributed by atoms with Crippen LogP contribution >= 0.6 is 11.8 Å². The molecular weight excluding hydrogens is 154 g/mol. The third kappa shape index (κ3) is 2.13. The van der Waals surface area contributed by atoms with Gasteiger partial charge in [0.2, 0.25) is 0 Å². The van der Waals surface area contributed by atoms with Crippen molar-refractivity contribution in [3.8, 4) is 6.07 Å². The van der Waals surface area contributed by atoms with E-state index in [9.17, 15) is 0 Å². The van der Waals surface area contributed by atoms with Crippen LogP contribution in [-0.2, 0) is 0 Å². The number of hydrogen-bond acceptors (Lipinski definition) is 2. The first-order valence-electron chi connectivity index (χ1n) is 4.23. The van der Waals surface area contributed by atoms with E-state index >= 15 is 0 Å². The summed E-state index contributed by atoms with van der Waals surface area (Å²) in [7, 11) is 0. The molecule has 0 N–H and O–H groups in total. The van der Waals surface area contributed by atoms with Gasteiger partial charge >= 0.3 is 0 Å². The predicted octanol–water partition coefficient (Wildman–Crippen LogP) is 2.82. The number of hydrogen-bond donors (Lipinski definition) is 0. The van der Waals surface area contributed by atoms with Gasteiger partial charge in [0.15, 0.2) is 0 Å². The van der Waals surface area contributed by atoms with Crippen molar-refractivity contribution in [1.29, 1.82) is 5.26 Å². The van der Waals surface area contributed by atoms with Gasteiger partial charge in [0.25, 0.3) is 0 Å². The molecule has 0 amide bonds. The lowest BCUT2D eigenvalue weighted by Crippen LogP contribution is -2.27. The molecule has 1 aliphatic rings. The summed E-state index contributed by atoms with van der Waals surface area (Å²) in [6, 6.07) is 2.46. The molecule has 0 radical (unpaired) electrons. The number of thioether (sulfide) groups is 1. The van der Waals surface area contributed by atoms with E-state index in [1.54, 1.807) is 0 Å². The van der Waals surface area contributed by atoms with E-state index < -0.39 is 0 Å². The summed E-state index contributed by atoms with van der Waals surface area (Å²) in [5, 5.41) is 8.88. The van der Waals surface area contributed by atoms with E-state index in [2.05, 4.69) is 12.3 Å². The second-order valence-corrected chi connectivity index (χ2v) is 4.33. The van der Waals surface area contributed by atoms with E-state index in [-0.39, 0.29) is 5.41 Å². The van der Waals surface area contributed by atoms with Crippen LogP contribution in [0, 0.1) is 16.7 Å². The molecule has 0 atom stereocenters. The Bertz CT molecular complexity index is 155. The zero-order chi connectivity index (χ0) is 8.16. The molecule has 0 spiro atoms. The Morgan fingerprint density at radius 2 is 2.27 bits per heavy atom. The normalized spacial score (nSPS) is 20.4. The Morgan fingerprint density at radius 1 is 1.55 bits per heavy atom. The molecule has 0 bridgehead atoms. The third-order valence-electron chi connectivity index (χ3n) is 2.55. The van der Waals surface area contributed by atoms with Crippen molar-refractivity contribution in [2.24, 2.45) is 5.41 Å². The zero-order valence-corrected chi connectivity index (χ0v) is 7.91. The minimum Gasteiger partial charge on any atom is -0.198 e. The molecule has 0 saturated heterocycles. The summed E-state index contributed by atoms with van der Waals surface area (Å²) in [4.78, 5) is 0. The Morgan fingerprint density at radius 3 is 2.64 bits per heavy atom. The van der Waals surface area contributed by atoms with E-state index in [4.69, 9.17) is 5.26 Å². The number of nitriles is 1. The van der Waals surface area contributed by atoms with Gasteiger partial charge in [-0.2, -0.15) is 17.0 Å². The van der Waals surface area contributed by atoms with Gasteiger partial charge in [-0.05, 0) is 37.7 Å². The average molecular weight is 169 g/mol. The minimum absolute atomic E-state index is 0.107. The van der Waals surface area contributed by atoms with Gasteiger partial charge in [-0.15, -0.1) is 0 Å². The van der Waals surface area contributed by atoms with Gasteiger partial charge < -0.3 is 0 Å². The van der Waals surface area contributed by atoms with Crippen molar-refractivity contribution in [2.45, 2.75) is 32.1 Å². The summed E-state index contributed by atoms with van der Waals surface area (Å²) in [5.74, 6) is 1.21. The van der Waals surface area contributed by atoms with Crippen molar-refractivity contribution in [2.75, 3.05) is 12.0 Å². The van der Waals surface area contributed by atoms with Crippen LogP contribution < -0.4 is 0 Å². The maximum absolute atomic E-state index is 8.88. The van der Waals surface area contributed by atoms with E-state index in [1.807, 2.05) is 11.8 Å². The van der Waals surface area contributed by atoms with Crippen molar-refractivity contribution < 1.29 is 0 Å². The van der Waals surface area contributed by atoms with Crippen LogP contribution in [0.5, 0.6) is 0 Å². The molecule has 1 rings (SSSR count). The molecule has 2 heteroatoms. The second-order valence-electron chi connectivity index (χ2n) is 3.34. The first-order chi connectivity index (χ1) is 5.33. The molecule has 0 heterocycles. The fraction of sp³-hybridized carbons (Fsp3) is 0.889. The molecule has 1 saturated carbocycles. The van der Waals surface area contributed by atoms with Crippen LogP contribution in [-0.4, -0.2) is 12.0 Å². The Hall–Kier alpha value is -0.160. The smallest absolute Gasteiger partial charge is 0.0689 e. The van der Waals surface area contributed by atoms with Gasteiger partial charge in [0, 0.05) is 0 Å². The van der Waals surface area contributed by atoms with Crippen LogP contribution in [0.3, 0.4) is 0 Å². The molecule has 62 valence electrons. The lowest BCUT2D eigenvalue weighted by Gasteiger charge is -2.35. The summed E-state index contributed by atoms with van der Waals surface area (Å²) < 4.78 is 0. The molecule has 0 unspecified atom stereocenters. The van der Waals surface area contributed by atoms with Gasteiger partial charge in [0.05, 0.1) is 11.5 Å². The minimum atomic E-state index is 0.107. The summed E-state index contributed by atoms with van der Waals surface area (Å²) in [5.41, 5.74) is 0.107. The summed E-state index contributed by atoms with van der Waals surface area (Å²) in [6.45, 7) is 0. The fourth-order valence-electron chi connectivity index (χ4n) is 1.58. The highest BCUT2D eigenvalue weighted by atomic mass is 32.2. The van der Waals surface area contributed by atoms with Crippen LogP contribution in [0.2, 0.25) is 0 Å². The van der Waals surface area contributed by atoms with E-state index in [0.29, 0.717) is 0 Å². The molecule has 1 nitrogen and oxygen atoms in total. The molecule has 0 aromatic carbocycles.